The molecule has 0 amide bonds. The minimum absolute atomic E-state index is 0. The first-order valence-electron chi connectivity index (χ1n) is 16.5. The molecule has 0 saturated heterocycles. The third kappa shape index (κ3) is 12.0. The van der Waals surface area contributed by atoms with Gasteiger partial charge in [-0.15, -0.1) is 48.2 Å². The van der Waals surface area contributed by atoms with E-state index in [0.717, 1.165) is 46.7 Å². The smallest absolute Gasteiger partial charge is 0.341 e. The topological polar surface area (TPSA) is 9.86 Å². The van der Waals surface area contributed by atoms with Crippen LogP contribution in [0.25, 0.3) is 23.5 Å². The number of aromatic nitrogens is 2. The van der Waals surface area contributed by atoms with E-state index in [0.29, 0.717) is 22.5 Å². The summed E-state index contributed by atoms with van der Waals surface area (Å²) >= 11 is 0. The number of hydrogen-bond donors (Lipinski definition) is 0. The maximum absolute atomic E-state index is 13.7. The van der Waals surface area contributed by atoms with Crippen LogP contribution < -0.4 is 0 Å². The average molecular weight is 727 g/mol. The molecule has 0 radical (unpaired) electrons. The Bertz CT molecular complexity index is 1830. The summed E-state index contributed by atoms with van der Waals surface area (Å²) in [6, 6.07) is 10.8. The Morgan fingerprint density at radius 1 is 0.588 bits per heavy atom. The molecule has 0 unspecified atom stereocenters. The molecule has 0 bridgehead atoms. The van der Waals surface area contributed by atoms with Crippen LogP contribution in [0.5, 0.6) is 0 Å². The first kappa shape index (κ1) is 43.0. The van der Waals surface area contributed by atoms with Crippen LogP contribution in [0.3, 0.4) is 0 Å². The summed E-state index contributed by atoms with van der Waals surface area (Å²) in [5.74, 6) is -2.65. The van der Waals surface area contributed by atoms with Gasteiger partial charge in [-0.2, -0.15) is 12.2 Å². The summed E-state index contributed by atoms with van der Waals surface area (Å²) in [4.78, 5) is 0. The van der Waals surface area contributed by atoms with Crippen molar-refractivity contribution in [1.29, 1.82) is 0 Å². The second kappa shape index (κ2) is 20.1. The van der Waals surface area contributed by atoms with Crippen molar-refractivity contribution < 1.29 is 39.3 Å². The SMILES string of the molecule is CC(C)=Cc1cc(C)n(-c2cc(F)[c-]c(F)c2C)c1C.CC(C)=Cc1cc(C)n(-c2cc(F)[c-]c(F)c2C)c1C.[C-]1=CC=CC1.[C-]1=CC=CC1.[Ti+4]. The van der Waals surface area contributed by atoms with Crippen LogP contribution in [0.4, 0.5) is 17.6 Å². The van der Waals surface area contributed by atoms with Gasteiger partial charge < -0.3 is 9.13 Å². The molecule has 0 atom stereocenters. The van der Waals surface area contributed by atoms with E-state index in [1.165, 1.54) is 23.3 Å². The van der Waals surface area contributed by atoms with Gasteiger partial charge in [0.25, 0.3) is 0 Å². The molecule has 7 heteroatoms. The van der Waals surface area contributed by atoms with Gasteiger partial charge in [-0.1, -0.05) is 48.5 Å². The molecule has 0 N–H and O–H groups in total. The normalized spacial score (nSPS) is 11.9. The van der Waals surface area contributed by atoms with Gasteiger partial charge in [0.15, 0.2) is 0 Å². The van der Waals surface area contributed by atoms with Crippen molar-refractivity contribution in [2.45, 2.75) is 82.1 Å². The summed E-state index contributed by atoms with van der Waals surface area (Å²) in [6.07, 6.45) is 24.1. The predicted octanol–water partition coefficient (Wildman–Crippen LogP) is 12.4. The molecule has 2 aliphatic rings. The summed E-state index contributed by atoms with van der Waals surface area (Å²) in [5.41, 5.74) is 10.2. The zero-order valence-electron chi connectivity index (χ0n) is 31.2. The predicted molar refractivity (Wildman–Crippen MR) is 199 cm³/mol. The van der Waals surface area contributed by atoms with Gasteiger partial charge in [-0.3, -0.25) is 12.2 Å². The third-order valence-electron chi connectivity index (χ3n) is 7.89. The van der Waals surface area contributed by atoms with Gasteiger partial charge in [-0.05, 0) is 78.6 Å². The summed E-state index contributed by atoms with van der Waals surface area (Å²) in [6.45, 7) is 19.1. The van der Waals surface area contributed by atoms with Crippen LogP contribution >= 0.6 is 0 Å². The molecule has 4 aromatic rings. The van der Waals surface area contributed by atoms with Crippen molar-refractivity contribution in [1.82, 2.24) is 9.13 Å². The summed E-state index contributed by atoms with van der Waals surface area (Å²) < 4.78 is 58.0. The molecule has 2 aliphatic carbocycles. The largest absolute Gasteiger partial charge is 4.00 e. The van der Waals surface area contributed by atoms with E-state index in [4.69, 9.17) is 0 Å². The Kier molecular flexibility index (Phi) is 16.9. The van der Waals surface area contributed by atoms with E-state index < -0.39 is 23.3 Å². The van der Waals surface area contributed by atoms with Crippen LogP contribution in [0.2, 0.25) is 0 Å². The minimum Gasteiger partial charge on any atom is -0.341 e. The fourth-order valence-corrected chi connectivity index (χ4v) is 5.53. The maximum atomic E-state index is 13.7. The van der Waals surface area contributed by atoms with E-state index in [2.05, 4.69) is 48.6 Å². The molecule has 51 heavy (non-hydrogen) atoms. The molecule has 0 aliphatic heterocycles. The molecule has 2 heterocycles. The van der Waals surface area contributed by atoms with Crippen LogP contribution in [0.15, 0.2) is 71.9 Å². The molecule has 0 spiro atoms. The van der Waals surface area contributed by atoms with E-state index in [9.17, 15) is 17.6 Å². The fourth-order valence-electron chi connectivity index (χ4n) is 5.53. The fraction of sp³-hybridized carbons (Fsp3) is 0.273. The second-order valence-corrected chi connectivity index (χ2v) is 12.7. The van der Waals surface area contributed by atoms with Crippen molar-refractivity contribution in [3.05, 3.63) is 164 Å². The molecule has 0 saturated carbocycles. The van der Waals surface area contributed by atoms with Gasteiger partial charge in [0.1, 0.15) is 0 Å². The summed E-state index contributed by atoms with van der Waals surface area (Å²) in [7, 11) is 0. The van der Waals surface area contributed by atoms with Crippen LogP contribution in [0, 0.1) is 89.1 Å². The standard InChI is InChI=1S/2C17H18F2N.2C5H5.Ti/c2*1-10(2)6-14-7-11(3)20(13(14)5)17-9-15(18)8-16(19)12(17)4;2*1-2-4-5-3-1;/h2*6-7,9H,1-5H3;2*1-3H,4H2;/q4*-1;+4. The molecule has 264 valence electrons. The monoisotopic (exact) mass is 726 g/mol. The second-order valence-electron chi connectivity index (χ2n) is 12.7. The Morgan fingerprint density at radius 3 is 1.20 bits per heavy atom. The van der Waals surface area contributed by atoms with Crippen LogP contribution in [-0.2, 0) is 21.7 Å². The molecular formula is C44H46F4N2Ti. The maximum Gasteiger partial charge on any atom is 4.00 e. The van der Waals surface area contributed by atoms with Gasteiger partial charge in [-0.25, -0.2) is 41.9 Å². The Hall–Kier alpha value is -4.13. The van der Waals surface area contributed by atoms with E-state index in [1.807, 2.05) is 101 Å². The molecule has 2 aromatic carbocycles. The minimum atomic E-state index is -0.681. The van der Waals surface area contributed by atoms with Crippen molar-refractivity contribution in [2.24, 2.45) is 0 Å². The van der Waals surface area contributed by atoms with Gasteiger partial charge in [0.2, 0.25) is 0 Å². The summed E-state index contributed by atoms with van der Waals surface area (Å²) in [5, 5.41) is 0. The number of nitrogens with zero attached hydrogens (tertiary/aromatic N) is 2. The third-order valence-corrected chi connectivity index (χ3v) is 7.89. The first-order valence-corrected chi connectivity index (χ1v) is 16.5. The number of hydrogen-bond acceptors (Lipinski definition) is 0. The van der Waals surface area contributed by atoms with Crippen molar-refractivity contribution in [3.63, 3.8) is 0 Å². The van der Waals surface area contributed by atoms with Crippen molar-refractivity contribution in [2.75, 3.05) is 0 Å². The quantitative estimate of drug-likeness (QED) is 0.113. The van der Waals surface area contributed by atoms with Gasteiger partial charge >= 0.3 is 21.7 Å². The number of benzene rings is 2. The molecular weight excluding hydrogens is 680 g/mol. The molecule has 0 fully saturated rings. The number of aryl methyl sites for hydroxylation is 2. The zero-order chi connectivity index (χ0) is 37.1. The first-order chi connectivity index (χ1) is 23.6. The van der Waals surface area contributed by atoms with Crippen LogP contribution in [0.1, 0.15) is 85.6 Å². The number of halogens is 4. The molecule has 6 rings (SSSR count). The Morgan fingerprint density at radius 2 is 0.941 bits per heavy atom. The molecule has 2 aromatic heterocycles. The Balaban J connectivity index is 0.000000273. The van der Waals surface area contributed by atoms with Crippen molar-refractivity contribution in [3.8, 4) is 11.4 Å². The van der Waals surface area contributed by atoms with Gasteiger partial charge in [0, 0.05) is 46.0 Å². The van der Waals surface area contributed by atoms with E-state index >= 15 is 0 Å². The van der Waals surface area contributed by atoms with Crippen molar-refractivity contribution >= 4 is 12.2 Å². The number of rotatable bonds is 4. The van der Waals surface area contributed by atoms with E-state index in [1.54, 1.807) is 13.8 Å². The van der Waals surface area contributed by atoms with Crippen LogP contribution in [-0.4, -0.2) is 9.13 Å². The molecule has 2 nitrogen and oxygen atoms in total. The average Bonchev–Trinajstić information content (AvgIpc) is 3.86. The van der Waals surface area contributed by atoms with Gasteiger partial charge in [0.05, 0.1) is 0 Å². The zero-order valence-corrected chi connectivity index (χ0v) is 32.8. The van der Waals surface area contributed by atoms with E-state index in [-0.39, 0.29) is 21.7 Å². The Labute approximate surface area is 317 Å². The number of allylic oxidation sites excluding steroid dienone is 10.